The highest BCUT2D eigenvalue weighted by atomic mass is 19.1. The normalized spacial score (nSPS) is 10.1. The van der Waals surface area contributed by atoms with Crippen LogP contribution in [0, 0.1) is 24.1 Å². The van der Waals surface area contributed by atoms with Gasteiger partial charge in [0.25, 0.3) is 0 Å². The van der Waals surface area contributed by atoms with Crippen LogP contribution in [0.5, 0.6) is 0 Å². The van der Waals surface area contributed by atoms with Gasteiger partial charge in [-0.2, -0.15) is 10.4 Å². The van der Waals surface area contributed by atoms with Gasteiger partial charge in [0, 0.05) is 6.07 Å². The Morgan fingerprint density at radius 2 is 2.24 bits per heavy atom. The number of rotatable bonds is 5. The van der Waals surface area contributed by atoms with E-state index in [0.29, 0.717) is 24.3 Å². The molecule has 0 fully saturated rings. The van der Waals surface area contributed by atoms with Gasteiger partial charge < -0.3 is 5.32 Å². The third-order valence-electron chi connectivity index (χ3n) is 2.91. The molecule has 1 heterocycles. The molecule has 21 heavy (non-hydrogen) atoms. The zero-order valence-corrected chi connectivity index (χ0v) is 11.6. The first-order valence-electron chi connectivity index (χ1n) is 6.55. The predicted molar refractivity (Wildman–Crippen MR) is 75.9 cm³/mol. The molecule has 1 aromatic heterocycles. The van der Waals surface area contributed by atoms with Crippen molar-refractivity contribution in [1.82, 2.24) is 9.78 Å². The Bertz CT molecular complexity index is 687. The Morgan fingerprint density at radius 3 is 2.95 bits per heavy atom. The lowest BCUT2D eigenvalue weighted by atomic mass is 10.1. The smallest absolute Gasteiger partial charge is 0.230 e. The lowest BCUT2D eigenvalue weighted by molar-refractivity contribution is -0.115. The Labute approximate surface area is 122 Å². The van der Waals surface area contributed by atoms with Crippen LogP contribution in [0.15, 0.2) is 30.3 Å². The molecule has 0 unspecified atom stereocenters. The SMILES string of the molecule is Cc1cc(NC(=O)Cc2ccccc2F)n(CCC#N)n1. The second-order valence-corrected chi connectivity index (χ2v) is 4.62. The molecular formula is C15H15FN4O. The highest BCUT2D eigenvalue weighted by molar-refractivity contribution is 5.91. The first-order chi connectivity index (χ1) is 10.1. The molecule has 0 aliphatic heterocycles. The summed E-state index contributed by atoms with van der Waals surface area (Å²) in [6.45, 7) is 2.20. The number of nitrogens with one attached hydrogen (secondary N) is 1. The third kappa shape index (κ3) is 3.89. The fourth-order valence-corrected chi connectivity index (χ4v) is 1.97. The number of hydrogen-bond acceptors (Lipinski definition) is 3. The van der Waals surface area contributed by atoms with Crippen molar-refractivity contribution in [2.75, 3.05) is 5.32 Å². The van der Waals surface area contributed by atoms with Gasteiger partial charge in [-0.3, -0.25) is 4.79 Å². The van der Waals surface area contributed by atoms with E-state index in [1.807, 2.05) is 6.07 Å². The third-order valence-corrected chi connectivity index (χ3v) is 2.91. The van der Waals surface area contributed by atoms with E-state index in [2.05, 4.69) is 10.4 Å². The maximum Gasteiger partial charge on any atom is 0.230 e. The zero-order valence-electron chi connectivity index (χ0n) is 11.6. The summed E-state index contributed by atoms with van der Waals surface area (Å²) in [6.07, 6.45) is 0.256. The summed E-state index contributed by atoms with van der Waals surface area (Å²) < 4.78 is 15.1. The average Bonchev–Trinajstić information content (AvgIpc) is 2.79. The summed E-state index contributed by atoms with van der Waals surface area (Å²) in [5.41, 5.74) is 1.09. The molecule has 0 saturated carbocycles. The topological polar surface area (TPSA) is 70.7 Å². The molecule has 0 aliphatic carbocycles. The van der Waals surface area contributed by atoms with Crippen molar-refractivity contribution in [3.05, 3.63) is 47.4 Å². The second kappa shape index (κ2) is 6.66. The van der Waals surface area contributed by atoms with Crippen LogP contribution in [0.25, 0.3) is 0 Å². The average molecular weight is 286 g/mol. The summed E-state index contributed by atoms with van der Waals surface area (Å²) >= 11 is 0. The number of carbonyl (C=O) groups excluding carboxylic acids is 1. The van der Waals surface area contributed by atoms with Crippen molar-refractivity contribution in [3.8, 4) is 6.07 Å². The molecule has 2 aromatic rings. The van der Waals surface area contributed by atoms with Crippen LogP contribution in [0.1, 0.15) is 17.7 Å². The standard InChI is InChI=1S/C15H15FN4O/c1-11-9-14(20(19-11)8-4-7-17)18-15(21)10-12-5-2-3-6-13(12)16/h2-3,5-6,9H,4,8,10H2,1H3,(H,18,21). The van der Waals surface area contributed by atoms with Crippen LogP contribution in [0.4, 0.5) is 10.2 Å². The van der Waals surface area contributed by atoms with Crippen LogP contribution in [0.2, 0.25) is 0 Å². The Balaban J connectivity index is 2.06. The summed E-state index contributed by atoms with van der Waals surface area (Å²) in [6, 6.07) is 9.92. The maximum absolute atomic E-state index is 13.5. The molecular weight excluding hydrogens is 271 g/mol. The van der Waals surface area contributed by atoms with Crippen LogP contribution in [0.3, 0.4) is 0 Å². The largest absolute Gasteiger partial charge is 0.311 e. The van der Waals surface area contributed by atoms with E-state index < -0.39 is 5.82 Å². The van der Waals surface area contributed by atoms with Gasteiger partial charge in [-0.1, -0.05) is 18.2 Å². The molecule has 1 N–H and O–H groups in total. The fourth-order valence-electron chi connectivity index (χ4n) is 1.97. The summed E-state index contributed by atoms with van der Waals surface area (Å²) in [7, 11) is 0. The van der Waals surface area contributed by atoms with Crippen molar-refractivity contribution in [2.24, 2.45) is 0 Å². The van der Waals surface area contributed by atoms with Crippen molar-refractivity contribution in [3.63, 3.8) is 0 Å². The molecule has 0 radical (unpaired) electrons. The van der Waals surface area contributed by atoms with Crippen molar-refractivity contribution in [1.29, 1.82) is 5.26 Å². The first kappa shape index (κ1) is 14.7. The number of anilines is 1. The molecule has 0 atom stereocenters. The van der Waals surface area contributed by atoms with Crippen LogP contribution in [-0.2, 0) is 17.8 Å². The number of carbonyl (C=O) groups is 1. The number of aromatic nitrogens is 2. The van der Waals surface area contributed by atoms with E-state index in [-0.39, 0.29) is 12.3 Å². The molecule has 0 spiro atoms. The molecule has 6 heteroatoms. The predicted octanol–water partition coefficient (Wildman–Crippen LogP) is 2.43. The highest BCUT2D eigenvalue weighted by Gasteiger charge is 2.11. The second-order valence-electron chi connectivity index (χ2n) is 4.62. The monoisotopic (exact) mass is 286 g/mol. The van der Waals surface area contributed by atoms with Gasteiger partial charge in [0.2, 0.25) is 5.91 Å². The van der Waals surface area contributed by atoms with Crippen LogP contribution < -0.4 is 5.32 Å². The van der Waals surface area contributed by atoms with E-state index in [9.17, 15) is 9.18 Å². The minimum atomic E-state index is -0.401. The molecule has 108 valence electrons. The number of benzene rings is 1. The molecule has 1 amide bonds. The van der Waals surface area contributed by atoms with Crippen molar-refractivity contribution >= 4 is 11.7 Å². The lowest BCUT2D eigenvalue weighted by Gasteiger charge is -2.08. The number of nitriles is 1. The molecule has 1 aromatic carbocycles. The summed E-state index contributed by atoms with van der Waals surface area (Å²) in [4.78, 5) is 12.0. The Hall–Kier alpha value is -2.68. The van der Waals surface area contributed by atoms with Gasteiger partial charge in [-0.05, 0) is 18.6 Å². The zero-order chi connectivity index (χ0) is 15.2. The minimum Gasteiger partial charge on any atom is -0.311 e. The van der Waals surface area contributed by atoms with Gasteiger partial charge in [0.1, 0.15) is 11.6 Å². The fraction of sp³-hybridized carbons (Fsp3) is 0.267. The van der Waals surface area contributed by atoms with Crippen molar-refractivity contribution in [2.45, 2.75) is 26.3 Å². The number of nitrogens with zero attached hydrogens (tertiary/aromatic N) is 3. The molecule has 5 nitrogen and oxygen atoms in total. The Kier molecular flexibility index (Phi) is 4.67. The minimum absolute atomic E-state index is 0.0465. The quantitative estimate of drug-likeness (QED) is 0.917. The van der Waals surface area contributed by atoms with E-state index in [4.69, 9.17) is 5.26 Å². The summed E-state index contributed by atoms with van der Waals surface area (Å²) in [5, 5.41) is 15.5. The van der Waals surface area contributed by atoms with Crippen LogP contribution >= 0.6 is 0 Å². The van der Waals surface area contributed by atoms with E-state index >= 15 is 0 Å². The van der Waals surface area contributed by atoms with Crippen molar-refractivity contribution < 1.29 is 9.18 Å². The van der Waals surface area contributed by atoms with Gasteiger partial charge in [0.15, 0.2) is 0 Å². The molecule has 0 bridgehead atoms. The van der Waals surface area contributed by atoms with E-state index in [1.54, 1.807) is 35.9 Å². The first-order valence-corrected chi connectivity index (χ1v) is 6.55. The molecule has 0 saturated heterocycles. The number of amides is 1. The number of aryl methyl sites for hydroxylation is 2. The number of hydrogen-bond donors (Lipinski definition) is 1. The lowest BCUT2D eigenvalue weighted by Crippen LogP contribution is -2.18. The molecule has 0 aliphatic rings. The summed E-state index contributed by atoms with van der Waals surface area (Å²) in [5.74, 6) is -0.205. The van der Waals surface area contributed by atoms with Gasteiger partial charge >= 0.3 is 0 Å². The maximum atomic E-state index is 13.5. The van der Waals surface area contributed by atoms with Gasteiger partial charge in [0.05, 0.1) is 31.1 Å². The number of halogens is 1. The van der Waals surface area contributed by atoms with Gasteiger partial charge in [-0.25, -0.2) is 9.07 Å². The Morgan fingerprint density at radius 1 is 1.48 bits per heavy atom. The van der Waals surface area contributed by atoms with E-state index in [1.165, 1.54) is 6.07 Å². The van der Waals surface area contributed by atoms with E-state index in [0.717, 1.165) is 5.69 Å². The van der Waals surface area contributed by atoms with Gasteiger partial charge in [-0.15, -0.1) is 0 Å². The van der Waals surface area contributed by atoms with Crippen LogP contribution in [-0.4, -0.2) is 15.7 Å². The highest BCUT2D eigenvalue weighted by Crippen LogP contribution is 2.13. The molecule has 2 rings (SSSR count).